The normalized spacial score (nSPS) is 9.83. The van der Waals surface area contributed by atoms with Crippen LogP contribution in [0.1, 0.15) is 10.4 Å². The number of rotatable bonds is 3. The van der Waals surface area contributed by atoms with E-state index >= 15 is 0 Å². The maximum absolute atomic E-state index is 11.8. The van der Waals surface area contributed by atoms with Gasteiger partial charge in [0.1, 0.15) is 0 Å². The molecule has 0 aliphatic rings. The number of carbonyl (C=O) groups is 1. The van der Waals surface area contributed by atoms with E-state index in [0.29, 0.717) is 5.75 Å². The van der Waals surface area contributed by atoms with Crippen LogP contribution in [0.2, 0.25) is 0 Å². The molecule has 1 aromatic heterocycles. The number of amides is 1. The Morgan fingerprint density at radius 3 is 2.83 bits per heavy atom. The Morgan fingerprint density at radius 2 is 2.22 bits per heavy atom. The number of anilines is 1. The monoisotopic (exact) mass is 246 g/mol. The van der Waals surface area contributed by atoms with Crippen molar-refractivity contribution >= 4 is 11.9 Å². The summed E-state index contributed by atoms with van der Waals surface area (Å²) in [5.41, 5.74) is 0.265. The molecule has 0 radical (unpaired) electrons. The van der Waals surface area contributed by atoms with Crippen LogP contribution in [0, 0.1) is 0 Å². The van der Waals surface area contributed by atoms with Gasteiger partial charge in [-0.05, 0) is 18.2 Å². The minimum Gasteiger partial charge on any atom is -0.504 e. The van der Waals surface area contributed by atoms with Crippen LogP contribution in [0.15, 0.2) is 30.6 Å². The van der Waals surface area contributed by atoms with Crippen LogP contribution in [0.3, 0.4) is 0 Å². The number of hydrogen-bond donors (Lipinski definition) is 2. The summed E-state index contributed by atoms with van der Waals surface area (Å²) in [7, 11) is 1.43. The molecule has 92 valence electrons. The molecule has 7 heteroatoms. The first-order chi connectivity index (χ1) is 8.70. The number of aromatic hydroxyl groups is 1. The van der Waals surface area contributed by atoms with Crippen molar-refractivity contribution in [3.05, 3.63) is 36.2 Å². The smallest absolute Gasteiger partial charge is 0.258 e. The highest BCUT2D eigenvalue weighted by molar-refractivity contribution is 6.03. The Labute approximate surface area is 102 Å². The van der Waals surface area contributed by atoms with Gasteiger partial charge in [0, 0.05) is 5.56 Å². The van der Waals surface area contributed by atoms with Gasteiger partial charge in [0.05, 0.1) is 19.5 Å². The number of nitrogens with one attached hydrogen (secondary N) is 1. The third kappa shape index (κ3) is 2.51. The van der Waals surface area contributed by atoms with E-state index in [2.05, 4.69) is 20.5 Å². The van der Waals surface area contributed by atoms with Crippen molar-refractivity contribution in [1.82, 2.24) is 15.2 Å². The van der Waals surface area contributed by atoms with Gasteiger partial charge < -0.3 is 9.84 Å². The molecule has 2 aromatic rings. The Bertz CT molecular complexity index is 559. The predicted octanol–water partition coefficient (Wildman–Crippen LogP) is 0.838. The summed E-state index contributed by atoms with van der Waals surface area (Å²) >= 11 is 0. The van der Waals surface area contributed by atoms with Crippen molar-refractivity contribution in [2.45, 2.75) is 0 Å². The van der Waals surface area contributed by atoms with Gasteiger partial charge in [-0.1, -0.05) is 0 Å². The zero-order valence-corrected chi connectivity index (χ0v) is 9.49. The predicted molar refractivity (Wildman–Crippen MR) is 62.4 cm³/mol. The largest absolute Gasteiger partial charge is 0.504 e. The summed E-state index contributed by atoms with van der Waals surface area (Å²) in [5, 5.41) is 19.2. The highest BCUT2D eigenvalue weighted by Crippen LogP contribution is 2.26. The number of hydrogen-bond acceptors (Lipinski definition) is 6. The number of ether oxygens (including phenoxy) is 1. The fourth-order valence-electron chi connectivity index (χ4n) is 1.31. The molecule has 0 saturated heterocycles. The van der Waals surface area contributed by atoms with Crippen molar-refractivity contribution in [2.75, 3.05) is 12.4 Å². The molecule has 0 atom stereocenters. The van der Waals surface area contributed by atoms with Crippen LogP contribution >= 0.6 is 0 Å². The Kier molecular flexibility index (Phi) is 3.33. The number of phenolic OH excluding ortho intramolecular Hbond substituents is 1. The molecule has 0 unspecified atom stereocenters. The van der Waals surface area contributed by atoms with Crippen molar-refractivity contribution in [3.8, 4) is 11.5 Å². The molecule has 1 amide bonds. The third-order valence-electron chi connectivity index (χ3n) is 2.15. The minimum atomic E-state index is -0.444. The number of carbonyl (C=O) groups excluding carboxylic acids is 1. The molecule has 1 heterocycles. The van der Waals surface area contributed by atoms with Crippen LogP contribution in [0.4, 0.5) is 5.95 Å². The molecular formula is C11H10N4O3. The highest BCUT2D eigenvalue weighted by atomic mass is 16.5. The molecule has 2 N–H and O–H groups in total. The lowest BCUT2D eigenvalue weighted by Crippen LogP contribution is -2.14. The number of phenols is 1. The van der Waals surface area contributed by atoms with Gasteiger partial charge in [0.2, 0.25) is 5.95 Å². The molecule has 0 aliphatic carbocycles. The number of methoxy groups -OCH3 is 1. The summed E-state index contributed by atoms with van der Waals surface area (Å²) < 4.78 is 4.88. The summed E-state index contributed by atoms with van der Waals surface area (Å²) in [4.78, 5) is 15.6. The van der Waals surface area contributed by atoms with Crippen LogP contribution < -0.4 is 10.1 Å². The summed E-state index contributed by atoms with van der Waals surface area (Å²) in [6, 6.07) is 4.31. The Balaban J connectivity index is 2.17. The summed E-state index contributed by atoms with van der Waals surface area (Å²) in [6.45, 7) is 0. The van der Waals surface area contributed by atoms with E-state index in [4.69, 9.17) is 4.74 Å². The molecule has 7 nitrogen and oxygen atoms in total. The highest BCUT2D eigenvalue weighted by Gasteiger charge is 2.10. The van der Waals surface area contributed by atoms with Gasteiger partial charge in [0.15, 0.2) is 11.5 Å². The third-order valence-corrected chi connectivity index (χ3v) is 2.15. The van der Waals surface area contributed by atoms with E-state index < -0.39 is 5.91 Å². The molecule has 0 spiro atoms. The van der Waals surface area contributed by atoms with Crippen molar-refractivity contribution in [3.63, 3.8) is 0 Å². The van der Waals surface area contributed by atoms with Crippen LogP contribution in [-0.2, 0) is 0 Å². The van der Waals surface area contributed by atoms with Crippen molar-refractivity contribution < 1.29 is 14.6 Å². The fourth-order valence-corrected chi connectivity index (χ4v) is 1.31. The van der Waals surface area contributed by atoms with Crippen LogP contribution in [0.5, 0.6) is 11.5 Å². The van der Waals surface area contributed by atoms with Gasteiger partial charge in [-0.3, -0.25) is 10.1 Å². The van der Waals surface area contributed by atoms with E-state index in [0.717, 1.165) is 0 Å². The SMILES string of the molecule is COc1ccc(C(=O)Nc2nccnn2)cc1O. The Hall–Kier alpha value is -2.70. The number of nitrogens with zero attached hydrogens (tertiary/aromatic N) is 3. The van der Waals surface area contributed by atoms with Crippen LogP contribution in [0.25, 0.3) is 0 Å². The first-order valence-corrected chi connectivity index (χ1v) is 5.03. The van der Waals surface area contributed by atoms with E-state index in [9.17, 15) is 9.90 Å². The average molecular weight is 246 g/mol. The van der Waals surface area contributed by atoms with E-state index in [1.54, 1.807) is 0 Å². The molecule has 0 saturated carbocycles. The molecule has 1 aromatic carbocycles. The maximum atomic E-state index is 11.8. The molecule has 18 heavy (non-hydrogen) atoms. The van der Waals surface area contributed by atoms with Gasteiger partial charge in [-0.25, -0.2) is 4.98 Å². The number of benzene rings is 1. The second-order valence-corrected chi connectivity index (χ2v) is 3.31. The molecule has 0 aliphatic heterocycles. The maximum Gasteiger partial charge on any atom is 0.258 e. The molecule has 0 fully saturated rings. The van der Waals surface area contributed by atoms with Gasteiger partial charge in [0.25, 0.3) is 5.91 Å². The first-order valence-electron chi connectivity index (χ1n) is 5.03. The molecule has 0 bridgehead atoms. The van der Waals surface area contributed by atoms with E-state index in [1.807, 2.05) is 0 Å². The summed E-state index contributed by atoms with van der Waals surface area (Å²) in [6.07, 6.45) is 2.81. The Morgan fingerprint density at radius 1 is 1.39 bits per heavy atom. The zero-order chi connectivity index (χ0) is 13.0. The topological polar surface area (TPSA) is 97.2 Å². The minimum absolute atomic E-state index is 0.0952. The molecular weight excluding hydrogens is 236 g/mol. The van der Waals surface area contributed by atoms with Crippen LogP contribution in [-0.4, -0.2) is 33.3 Å². The standard InChI is InChI=1S/C11H10N4O3/c1-18-9-3-2-7(6-8(9)16)10(17)14-11-12-4-5-13-15-11/h2-6,16H,1H3,(H,12,14,15,17). The van der Waals surface area contributed by atoms with Gasteiger partial charge in [-0.15, -0.1) is 5.10 Å². The zero-order valence-electron chi connectivity index (χ0n) is 9.49. The lowest BCUT2D eigenvalue weighted by Gasteiger charge is -2.06. The summed E-state index contributed by atoms with van der Waals surface area (Å²) in [5.74, 6) is -0.166. The van der Waals surface area contributed by atoms with Gasteiger partial charge >= 0.3 is 0 Å². The van der Waals surface area contributed by atoms with E-state index in [-0.39, 0.29) is 17.3 Å². The lowest BCUT2D eigenvalue weighted by molar-refractivity contribution is 0.102. The number of aromatic nitrogens is 3. The second kappa shape index (κ2) is 5.09. The van der Waals surface area contributed by atoms with Gasteiger partial charge in [-0.2, -0.15) is 5.10 Å². The van der Waals surface area contributed by atoms with Crippen molar-refractivity contribution in [1.29, 1.82) is 0 Å². The lowest BCUT2D eigenvalue weighted by atomic mass is 10.2. The second-order valence-electron chi connectivity index (χ2n) is 3.31. The first kappa shape index (κ1) is 11.8. The quantitative estimate of drug-likeness (QED) is 0.832. The van der Waals surface area contributed by atoms with E-state index in [1.165, 1.54) is 37.7 Å². The molecule has 2 rings (SSSR count). The fraction of sp³-hybridized carbons (Fsp3) is 0.0909. The average Bonchev–Trinajstić information content (AvgIpc) is 2.39. The van der Waals surface area contributed by atoms with Crippen molar-refractivity contribution in [2.24, 2.45) is 0 Å².